The molecule has 250 valence electrons. The topological polar surface area (TPSA) is 69.6 Å². The maximum atomic E-state index is 12.2. The van der Waals surface area contributed by atoms with Gasteiger partial charge in [-0.3, -0.25) is 4.79 Å². The van der Waals surface area contributed by atoms with E-state index in [1.54, 1.807) is 6.08 Å². The zero-order valence-electron chi connectivity index (χ0n) is 28.5. The van der Waals surface area contributed by atoms with Crippen LogP contribution in [0.3, 0.4) is 0 Å². The predicted octanol–water partition coefficient (Wildman–Crippen LogP) is 10.8. The summed E-state index contributed by atoms with van der Waals surface area (Å²) >= 11 is 0. The van der Waals surface area contributed by atoms with Crippen LogP contribution >= 0.6 is 0 Å². The molecule has 0 fully saturated rings. The van der Waals surface area contributed by atoms with Crippen LogP contribution in [0.5, 0.6) is 0 Å². The van der Waals surface area contributed by atoms with E-state index >= 15 is 0 Å². The normalized spacial score (nSPS) is 13.7. The van der Waals surface area contributed by atoms with Crippen LogP contribution in [0.1, 0.15) is 174 Å². The fourth-order valence-electron chi connectivity index (χ4n) is 5.18. The van der Waals surface area contributed by atoms with E-state index in [9.17, 15) is 15.0 Å². The Labute approximate surface area is 267 Å². The maximum Gasteiger partial charge on any atom is 0.220 e. The Morgan fingerprint density at radius 3 is 1.44 bits per heavy atom. The highest BCUT2D eigenvalue weighted by Gasteiger charge is 2.17. The van der Waals surface area contributed by atoms with E-state index < -0.39 is 12.1 Å². The number of allylic oxidation sites excluding steroid dienone is 7. The number of carbonyl (C=O) groups is 1. The van der Waals surface area contributed by atoms with E-state index in [0.29, 0.717) is 6.42 Å². The second-order valence-corrected chi connectivity index (χ2v) is 12.3. The SMILES string of the molecule is CCCCCC/C=C/C(O)C(CO)NC(=O)CCCCCCCCCCCC/C=C\C/C=C\C/C=C\CCCCCCC. The number of hydrogen-bond acceptors (Lipinski definition) is 3. The molecule has 0 saturated heterocycles. The maximum absolute atomic E-state index is 12.2. The van der Waals surface area contributed by atoms with Crippen molar-refractivity contribution in [2.75, 3.05) is 6.61 Å². The number of carbonyl (C=O) groups excluding carboxylic acids is 1. The van der Waals surface area contributed by atoms with Gasteiger partial charge in [-0.05, 0) is 57.8 Å². The highest BCUT2D eigenvalue weighted by atomic mass is 16.3. The molecular formula is C39H71NO3. The molecule has 0 aliphatic rings. The molecule has 2 atom stereocenters. The minimum atomic E-state index is -0.837. The van der Waals surface area contributed by atoms with Crippen molar-refractivity contribution in [1.82, 2.24) is 5.32 Å². The van der Waals surface area contributed by atoms with E-state index in [2.05, 4.69) is 55.6 Å². The van der Waals surface area contributed by atoms with Crippen LogP contribution in [0, 0.1) is 0 Å². The Morgan fingerprint density at radius 2 is 0.953 bits per heavy atom. The van der Waals surface area contributed by atoms with Crippen LogP contribution < -0.4 is 5.32 Å². The first-order valence-corrected chi connectivity index (χ1v) is 18.4. The largest absolute Gasteiger partial charge is 0.394 e. The standard InChI is InChI=1S/C39H71NO3/c1-3-5-7-9-11-12-13-14-15-16-17-18-19-20-21-22-23-24-25-26-27-28-29-31-33-35-39(43)40-37(36-41)38(42)34-32-30-10-8-6-4-2/h13-14,16-17,19-20,32,34,37-38,41-42H,3-12,15,18,21-31,33,35-36H2,1-2H3,(H,40,43)/b14-13-,17-16-,20-19-,34-32+. The van der Waals surface area contributed by atoms with Gasteiger partial charge < -0.3 is 15.5 Å². The lowest BCUT2D eigenvalue weighted by molar-refractivity contribution is -0.123. The lowest BCUT2D eigenvalue weighted by Crippen LogP contribution is -2.45. The van der Waals surface area contributed by atoms with E-state index in [1.165, 1.54) is 116 Å². The summed E-state index contributed by atoms with van der Waals surface area (Å²) in [6.07, 6.45) is 46.5. The van der Waals surface area contributed by atoms with Gasteiger partial charge in [0.25, 0.3) is 0 Å². The Morgan fingerprint density at radius 1 is 0.558 bits per heavy atom. The van der Waals surface area contributed by atoms with Crippen LogP contribution in [0.4, 0.5) is 0 Å². The number of unbranched alkanes of at least 4 members (excludes halogenated alkanes) is 19. The van der Waals surface area contributed by atoms with Gasteiger partial charge in [0.05, 0.1) is 18.8 Å². The third kappa shape index (κ3) is 31.6. The lowest BCUT2D eigenvalue weighted by Gasteiger charge is -2.20. The zero-order chi connectivity index (χ0) is 31.5. The molecule has 0 aromatic carbocycles. The zero-order valence-corrected chi connectivity index (χ0v) is 28.5. The van der Waals surface area contributed by atoms with E-state index in [4.69, 9.17) is 0 Å². The third-order valence-electron chi connectivity index (χ3n) is 8.06. The number of aliphatic hydroxyl groups is 2. The molecule has 0 rings (SSSR count). The molecule has 0 heterocycles. The highest BCUT2D eigenvalue weighted by molar-refractivity contribution is 5.76. The molecule has 0 aliphatic carbocycles. The average Bonchev–Trinajstić information content (AvgIpc) is 3.01. The van der Waals surface area contributed by atoms with Crippen LogP contribution in [0.15, 0.2) is 48.6 Å². The van der Waals surface area contributed by atoms with Gasteiger partial charge >= 0.3 is 0 Å². The summed E-state index contributed by atoms with van der Waals surface area (Å²) in [6, 6.07) is -0.621. The number of rotatable bonds is 32. The summed E-state index contributed by atoms with van der Waals surface area (Å²) < 4.78 is 0. The van der Waals surface area contributed by atoms with Crippen LogP contribution in [-0.2, 0) is 4.79 Å². The molecule has 0 aromatic rings. The quantitative estimate of drug-likeness (QED) is 0.0530. The summed E-state index contributed by atoms with van der Waals surface area (Å²) in [5.41, 5.74) is 0. The fourth-order valence-corrected chi connectivity index (χ4v) is 5.18. The minimum absolute atomic E-state index is 0.0766. The summed E-state index contributed by atoms with van der Waals surface area (Å²) in [5.74, 6) is -0.0766. The number of hydrogen-bond donors (Lipinski definition) is 3. The van der Waals surface area contributed by atoms with Gasteiger partial charge in [-0.1, -0.05) is 159 Å². The van der Waals surface area contributed by atoms with E-state index in [1.807, 2.05) is 6.08 Å². The van der Waals surface area contributed by atoms with Gasteiger partial charge in [0.2, 0.25) is 5.91 Å². The van der Waals surface area contributed by atoms with Gasteiger partial charge in [-0.25, -0.2) is 0 Å². The molecule has 0 bridgehead atoms. The van der Waals surface area contributed by atoms with Gasteiger partial charge in [0, 0.05) is 6.42 Å². The van der Waals surface area contributed by atoms with Crippen molar-refractivity contribution in [2.45, 2.75) is 187 Å². The summed E-state index contributed by atoms with van der Waals surface area (Å²) in [5, 5.41) is 22.6. The molecule has 4 nitrogen and oxygen atoms in total. The van der Waals surface area contributed by atoms with Crippen molar-refractivity contribution in [1.29, 1.82) is 0 Å². The smallest absolute Gasteiger partial charge is 0.220 e. The van der Waals surface area contributed by atoms with Crippen LogP contribution in [0.25, 0.3) is 0 Å². The second kappa shape index (κ2) is 34.8. The van der Waals surface area contributed by atoms with Gasteiger partial charge in [-0.2, -0.15) is 0 Å². The monoisotopic (exact) mass is 602 g/mol. The van der Waals surface area contributed by atoms with Crippen molar-refractivity contribution >= 4 is 5.91 Å². The van der Waals surface area contributed by atoms with Crippen LogP contribution in [0.2, 0.25) is 0 Å². The molecule has 0 spiro atoms. The number of amides is 1. The molecule has 2 unspecified atom stereocenters. The molecule has 3 N–H and O–H groups in total. The summed E-state index contributed by atoms with van der Waals surface area (Å²) in [7, 11) is 0. The molecule has 0 saturated carbocycles. The van der Waals surface area contributed by atoms with Crippen molar-refractivity contribution in [3.63, 3.8) is 0 Å². The van der Waals surface area contributed by atoms with Gasteiger partial charge in [-0.15, -0.1) is 0 Å². The van der Waals surface area contributed by atoms with Crippen molar-refractivity contribution in [3.8, 4) is 0 Å². The molecule has 0 aromatic heterocycles. The Kier molecular flexibility index (Phi) is 33.5. The van der Waals surface area contributed by atoms with Crippen LogP contribution in [-0.4, -0.2) is 34.9 Å². The second-order valence-electron chi connectivity index (χ2n) is 12.3. The van der Waals surface area contributed by atoms with Gasteiger partial charge in [0.15, 0.2) is 0 Å². The summed E-state index contributed by atoms with van der Waals surface area (Å²) in [4.78, 5) is 12.2. The third-order valence-corrected chi connectivity index (χ3v) is 8.06. The van der Waals surface area contributed by atoms with E-state index in [0.717, 1.165) is 38.5 Å². The first kappa shape index (κ1) is 41.4. The fraction of sp³-hybridized carbons (Fsp3) is 0.769. The first-order chi connectivity index (χ1) is 21.2. The molecule has 1 amide bonds. The molecule has 0 radical (unpaired) electrons. The molecule has 0 aliphatic heterocycles. The van der Waals surface area contributed by atoms with Gasteiger partial charge in [0.1, 0.15) is 0 Å². The minimum Gasteiger partial charge on any atom is -0.394 e. The molecule has 4 heteroatoms. The molecule has 43 heavy (non-hydrogen) atoms. The highest BCUT2D eigenvalue weighted by Crippen LogP contribution is 2.13. The lowest BCUT2D eigenvalue weighted by atomic mass is 10.0. The number of nitrogens with one attached hydrogen (secondary N) is 1. The summed E-state index contributed by atoms with van der Waals surface area (Å²) in [6.45, 7) is 4.21. The Bertz CT molecular complexity index is 697. The average molecular weight is 602 g/mol. The van der Waals surface area contributed by atoms with E-state index in [-0.39, 0.29) is 12.5 Å². The Hall–Kier alpha value is -1.65. The van der Waals surface area contributed by atoms with Crippen molar-refractivity contribution < 1.29 is 15.0 Å². The number of aliphatic hydroxyl groups excluding tert-OH is 2. The van der Waals surface area contributed by atoms with Crippen molar-refractivity contribution in [2.24, 2.45) is 0 Å². The first-order valence-electron chi connectivity index (χ1n) is 18.4. The van der Waals surface area contributed by atoms with Crippen molar-refractivity contribution in [3.05, 3.63) is 48.6 Å². The predicted molar refractivity (Wildman–Crippen MR) is 188 cm³/mol. The molecular weight excluding hydrogens is 530 g/mol. The Balaban J connectivity index is 3.53.